The van der Waals surface area contributed by atoms with Crippen molar-refractivity contribution >= 4 is 63.7 Å². The van der Waals surface area contributed by atoms with Crippen LogP contribution in [0.4, 0.5) is 25.1 Å². The summed E-state index contributed by atoms with van der Waals surface area (Å²) in [5.41, 5.74) is 7.29. The minimum Gasteiger partial charge on any atom is -0.494 e. The number of nitrogens with one attached hydrogen (secondary N) is 2. The van der Waals surface area contributed by atoms with Gasteiger partial charge in [-0.1, -0.05) is 48.9 Å². The number of halogens is 3. The predicted molar refractivity (Wildman–Crippen MR) is 267 cm³/mol. The Balaban J connectivity index is 0.736. The van der Waals surface area contributed by atoms with Gasteiger partial charge in [0.15, 0.2) is 23.0 Å². The smallest absolute Gasteiger partial charge is 0.329 e. The van der Waals surface area contributed by atoms with Gasteiger partial charge in [-0.15, -0.1) is 0 Å². The Labute approximate surface area is 420 Å². The summed E-state index contributed by atoms with van der Waals surface area (Å²) >= 11 is 6.70. The highest BCUT2D eigenvalue weighted by atomic mass is 35.5. The Kier molecular flexibility index (Phi) is 13.3. The van der Waals surface area contributed by atoms with E-state index in [-0.39, 0.29) is 81.8 Å². The van der Waals surface area contributed by atoms with E-state index in [2.05, 4.69) is 26.7 Å². The van der Waals surface area contributed by atoms with Crippen LogP contribution in [0.15, 0.2) is 66.7 Å². The van der Waals surface area contributed by atoms with Crippen LogP contribution in [0, 0.1) is 23.5 Å². The van der Waals surface area contributed by atoms with Crippen molar-refractivity contribution in [1.82, 2.24) is 30.2 Å². The summed E-state index contributed by atoms with van der Waals surface area (Å²) in [6, 6.07) is 19.0. The number of hydrogen-bond donors (Lipinski definition) is 3. The molecule has 5 heterocycles. The van der Waals surface area contributed by atoms with Crippen LogP contribution in [0.2, 0.25) is 5.02 Å². The van der Waals surface area contributed by atoms with Gasteiger partial charge in [-0.3, -0.25) is 34.1 Å². The summed E-state index contributed by atoms with van der Waals surface area (Å²) in [6.45, 7) is 6.07. The highest BCUT2D eigenvalue weighted by Crippen LogP contribution is 2.56. The third kappa shape index (κ3) is 8.75. The maximum atomic E-state index is 16.2. The molecule has 4 fully saturated rings. The highest BCUT2D eigenvalue weighted by molar-refractivity contribution is 6.34. The molecule has 2 unspecified atom stereocenters. The standard InChI is InChI=1S/C53H58ClF2N9O7/c1-30-43-41(28-38(55)46(54)45(43)44-37(48(57)67)15-16-40(71-3)47(44)56)72-53(30,33-7-5-4-6-8-33)29-58-34-11-9-31(10-12-34)50(68)63-20-17-32(18-21-63)51(69)64-25-23-62(24-26-64)35-13-14-36-39(27-35)61(2)60-49(36)65-22-19-42(66)59-52(65)70/h4-8,13-16,27-28,30-32,34,58H,9-12,17-26,29H2,1-3H3,(H2,57,67)(H,59,66,70). The molecule has 72 heavy (non-hydrogen) atoms. The van der Waals surface area contributed by atoms with Crippen LogP contribution in [0.5, 0.6) is 11.5 Å². The molecule has 4 aliphatic heterocycles. The van der Waals surface area contributed by atoms with E-state index in [1.54, 1.807) is 4.68 Å². The summed E-state index contributed by atoms with van der Waals surface area (Å²) < 4.78 is 45.8. The van der Waals surface area contributed by atoms with Gasteiger partial charge >= 0.3 is 6.03 Å². The van der Waals surface area contributed by atoms with E-state index in [0.29, 0.717) is 82.9 Å². The minimum atomic E-state index is -1.10. The molecule has 1 saturated carbocycles. The fourth-order valence-electron chi connectivity index (χ4n) is 11.7. The zero-order chi connectivity index (χ0) is 50.6. The minimum absolute atomic E-state index is 0.0193. The van der Waals surface area contributed by atoms with Gasteiger partial charge in [-0.25, -0.2) is 13.6 Å². The van der Waals surface area contributed by atoms with Crippen LogP contribution >= 0.6 is 11.6 Å². The SMILES string of the molecule is COc1ccc(C(N)=O)c(-c2c(Cl)c(F)cc3c2C(C)C(CNC2CCC(C(=O)N4CCC(C(=O)N5CCN(c6ccc7c(N8CCC(=O)NC8=O)nn(C)c7c6)CC5)CC4)CC2)(c2ccccc2)O3)c1F. The van der Waals surface area contributed by atoms with Crippen LogP contribution < -0.4 is 35.6 Å². The summed E-state index contributed by atoms with van der Waals surface area (Å²) in [5, 5.41) is 11.1. The largest absolute Gasteiger partial charge is 0.494 e. The van der Waals surface area contributed by atoms with E-state index >= 15 is 8.78 Å². The summed E-state index contributed by atoms with van der Waals surface area (Å²) in [6.07, 6.45) is 4.32. The summed E-state index contributed by atoms with van der Waals surface area (Å²) in [5.74, 6) is -2.96. The molecule has 1 aliphatic carbocycles. The second kappa shape index (κ2) is 19.7. The number of ether oxygens (including phenoxy) is 2. The number of piperidine rings is 1. The van der Waals surface area contributed by atoms with Crippen LogP contribution in [-0.2, 0) is 27.0 Å². The maximum absolute atomic E-state index is 16.2. The number of anilines is 2. The second-order valence-corrected chi connectivity index (χ2v) is 20.0. The zero-order valence-corrected chi connectivity index (χ0v) is 41.3. The second-order valence-electron chi connectivity index (χ2n) is 19.7. The zero-order valence-electron chi connectivity index (χ0n) is 40.5. The van der Waals surface area contributed by atoms with Crippen molar-refractivity contribution < 1.29 is 42.2 Å². The number of carbonyl (C=O) groups is 5. The molecular weight excluding hydrogens is 948 g/mol. The number of nitrogens with zero attached hydrogens (tertiary/aromatic N) is 6. The normalized spacial score (nSPS) is 22.7. The van der Waals surface area contributed by atoms with Crippen LogP contribution in [-0.4, -0.2) is 115 Å². The number of carbonyl (C=O) groups excluding carboxylic acids is 5. The molecule has 5 aliphatic rings. The third-order valence-electron chi connectivity index (χ3n) is 15.7. The first-order valence-electron chi connectivity index (χ1n) is 24.7. The van der Waals surface area contributed by atoms with Gasteiger partial charge in [-0.2, -0.15) is 5.10 Å². The molecule has 10 rings (SSSR count). The first-order valence-corrected chi connectivity index (χ1v) is 25.1. The van der Waals surface area contributed by atoms with E-state index in [1.165, 1.54) is 30.2 Å². The molecule has 3 saturated heterocycles. The van der Waals surface area contributed by atoms with Crippen molar-refractivity contribution in [3.63, 3.8) is 0 Å². The number of aromatic nitrogens is 2. The number of amides is 6. The molecule has 0 spiro atoms. The number of primary amides is 1. The van der Waals surface area contributed by atoms with Gasteiger partial charge in [0, 0.05) is 123 Å². The van der Waals surface area contributed by atoms with Crippen molar-refractivity contribution in [2.75, 3.05) is 69.3 Å². The molecule has 5 aromatic rings. The number of fused-ring (bicyclic) bond motifs is 2. The van der Waals surface area contributed by atoms with Crippen molar-refractivity contribution in [2.24, 2.45) is 24.6 Å². The molecule has 2 atom stereocenters. The quantitative estimate of drug-likeness (QED) is 0.126. The number of likely N-dealkylation sites (tertiary alicyclic amines) is 1. The molecule has 0 bridgehead atoms. The first kappa shape index (κ1) is 48.8. The molecule has 0 radical (unpaired) electrons. The number of nitrogens with two attached hydrogens (primary N) is 1. The molecule has 16 nitrogen and oxygen atoms in total. The topological polar surface area (TPSA) is 185 Å². The van der Waals surface area contributed by atoms with Crippen LogP contribution in [0.1, 0.15) is 79.3 Å². The Morgan fingerprint density at radius 2 is 1.56 bits per heavy atom. The average Bonchev–Trinajstić information content (AvgIpc) is 3.87. The predicted octanol–water partition coefficient (Wildman–Crippen LogP) is 6.85. The lowest BCUT2D eigenvalue weighted by molar-refractivity contribution is -0.143. The Morgan fingerprint density at radius 3 is 2.22 bits per heavy atom. The number of aryl methyl sites for hydroxylation is 1. The van der Waals surface area contributed by atoms with Crippen molar-refractivity contribution in [3.05, 3.63) is 100 Å². The lowest BCUT2D eigenvalue weighted by atomic mass is 9.77. The fraction of sp³-hybridized carbons (Fsp3) is 0.434. The first-order chi connectivity index (χ1) is 34.7. The van der Waals surface area contributed by atoms with Gasteiger partial charge in [0.25, 0.3) is 0 Å². The number of imide groups is 1. The number of piperazine rings is 1. The van der Waals surface area contributed by atoms with E-state index in [4.69, 9.17) is 26.8 Å². The number of urea groups is 1. The van der Waals surface area contributed by atoms with Gasteiger partial charge in [0.2, 0.25) is 23.6 Å². The lowest BCUT2D eigenvalue weighted by Gasteiger charge is -2.40. The Hall–Kier alpha value is -6.79. The molecule has 19 heteroatoms. The number of methoxy groups -OCH3 is 1. The Morgan fingerprint density at radius 1 is 0.875 bits per heavy atom. The summed E-state index contributed by atoms with van der Waals surface area (Å²) in [7, 11) is 3.12. The molecule has 1 aromatic heterocycles. The van der Waals surface area contributed by atoms with Crippen molar-refractivity contribution in [3.8, 4) is 22.6 Å². The average molecular weight is 1010 g/mol. The summed E-state index contributed by atoms with van der Waals surface area (Å²) in [4.78, 5) is 72.4. The number of hydrogen-bond acceptors (Lipinski definition) is 10. The van der Waals surface area contributed by atoms with Crippen molar-refractivity contribution in [1.29, 1.82) is 0 Å². The monoisotopic (exact) mass is 1010 g/mol. The van der Waals surface area contributed by atoms with E-state index in [0.717, 1.165) is 35.0 Å². The third-order valence-corrected chi connectivity index (χ3v) is 16.1. The van der Waals surface area contributed by atoms with Crippen LogP contribution in [0.25, 0.3) is 22.0 Å². The number of rotatable bonds is 11. The fourth-order valence-corrected chi connectivity index (χ4v) is 11.9. The maximum Gasteiger partial charge on any atom is 0.329 e. The van der Waals surface area contributed by atoms with E-state index < -0.39 is 35.1 Å². The van der Waals surface area contributed by atoms with E-state index in [9.17, 15) is 24.0 Å². The van der Waals surface area contributed by atoms with Gasteiger partial charge in [-0.05, 0) is 74.4 Å². The number of benzene rings is 4. The van der Waals surface area contributed by atoms with E-state index in [1.807, 2.05) is 66.2 Å². The molecule has 6 amide bonds. The van der Waals surface area contributed by atoms with Gasteiger partial charge in [0.1, 0.15) is 11.6 Å². The Bertz CT molecular complexity index is 2970. The van der Waals surface area contributed by atoms with Crippen LogP contribution in [0.3, 0.4) is 0 Å². The molecule has 4 aromatic carbocycles. The van der Waals surface area contributed by atoms with Crippen molar-refractivity contribution in [2.45, 2.75) is 69.4 Å². The molecule has 4 N–H and O–H groups in total. The molecule has 378 valence electrons. The lowest BCUT2D eigenvalue weighted by Crippen LogP contribution is -2.52. The van der Waals surface area contributed by atoms with Gasteiger partial charge in [0.05, 0.1) is 23.2 Å². The highest BCUT2D eigenvalue weighted by Gasteiger charge is 2.50. The molecular formula is C53H58ClF2N9O7. The van der Waals surface area contributed by atoms with Gasteiger partial charge < -0.3 is 35.2 Å².